The molecule has 6 nitrogen and oxygen atoms in total. The van der Waals surface area contributed by atoms with Gasteiger partial charge in [-0.25, -0.2) is 4.98 Å². The summed E-state index contributed by atoms with van der Waals surface area (Å²) in [7, 11) is 0. The second-order valence-electron chi connectivity index (χ2n) is 6.05. The van der Waals surface area contributed by atoms with Crippen LogP contribution in [-0.2, 0) is 17.8 Å². The number of aryl methyl sites for hydroxylation is 1. The molecule has 0 unspecified atom stereocenters. The smallest absolute Gasteiger partial charge is 0.242 e. The van der Waals surface area contributed by atoms with Crippen LogP contribution in [0.15, 0.2) is 24.5 Å². The highest BCUT2D eigenvalue weighted by molar-refractivity contribution is 6.30. The molecule has 0 fully saturated rings. The molecule has 24 heavy (non-hydrogen) atoms. The van der Waals surface area contributed by atoms with Gasteiger partial charge in [-0.05, 0) is 45.2 Å². The molecule has 0 saturated heterocycles. The summed E-state index contributed by atoms with van der Waals surface area (Å²) in [5.74, 6) is 0.390. The minimum atomic E-state index is -0.330. The van der Waals surface area contributed by atoms with E-state index < -0.39 is 0 Å². The number of nitrogens with zero attached hydrogens (tertiary/aromatic N) is 3. The van der Waals surface area contributed by atoms with E-state index in [2.05, 4.69) is 27.6 Å². The fourth-order valence-corrected chi connectivity index (χ4v) is 3.24. The number of amides is 1. The van der Waals surface area contributed by atoms with E-state index in [0.29, 0.717) is 10.8 Å². The van der Waals surface area contributed by atoms with Gasteiger partial charge in [0.05, 0.1) is 17.3 Å². The van der Waals surface area contributed by atoms with E-state index in [9.17, 15) is 4.79 Å². The second-order valence-corrected chi connectivity index (χ2v) is 6.48. The standard InChI is InChI=1S/C17H22ClN5O/c1-3-23-15-6-4-5-14(13(15)10-20-23)21-11(2)17(24)22-16-8-7-12(18)9-19-16/h7-11,14,21H,3-6H2,1-2H3,(H,19,22,24)/t11-,14+/m1/s1. The zero-order chi connectivity index (χ0) is 17.1. The number of anilines is 1. The molecule has 2 heterocycles. The van der Waals surface area contributed by atoms with Crippen molar-refractivity contribution in [3.8, 4) is 0 Å². The minimum absolute atomic E-state index is 0.111. The topological polar surface area (TPSA) is 71.8 Å². The Bertz CT molecular complexity index is 712. The molecule has 2 aromatic heterocycles. The van der Waals surface area contributed by atoms with Crippen molar-refractivity contribution in [1.29, 1.82) is 0 Å². The van der Waals surface area contributed by atoms with Crippen LogP contribution < -0.4 is 10.6 Å². The number of rotatable bonds is 5. The van der Waals surface area contributed by atoms with Crippen molar-refractivity contribution < 1.29 is 4.79 Å². The fraction of sp³-hybridized carbons (Fsp3) is 0.471. The van der Waals surface area contributed by atoms with Gasteiger partial charge < -0.3 is 5.32 Å². The van der Waals surface area contributed by atoms with Crippen LogP contribution in [0.5, 0.6) is 0 Å². The molecule has 1 amide bonds. The van der Waals surface area contributed by atoms with Gasteiger partial charge in [0.15, 0.2) is 0 Å². The maximum absolute atomic E-state index is 12.4. The van der Waals surface area contributed by atoms with Crippen molar-refractivity contribution in [1.82, 2.24) is 20.1 Å². The average molecular weight is 348 g/mol. The average Bonchev–Trinajstić information content (AvgIpc) is 3.01. The molecule has 0 radical (unpaired) electrons. The lowest BCUT2D eigenvalue weighted by Gasteiger charge is -2.27. The molecule has 2 N–H and O–H groups in total. The molecule has 2 aromatic rings. The summed E-state index contributed by atoms with van der Waals surface area (Å²) in [4.78, 5) is 16.5. The maximum Gasteiger partial charge on any atom is 0.242 e. The highest BCUT2D eigenvalue weighted by Gasteiger charge is 2.26. The molecule has 3 rings (SSSR count). The van der Waals surface area contributed by atoms with Crippen LogP contribution in [0.4, 0.5) is 5.82 Å². The number of fused-ring (bicyclic) bond motifs is 1. The Morgan fingerprint density at radius 3 is 3.00 bits per heavy atom. The second kappa shape index (κ2) is 7.32. The quantitative estimate of drug-likeness (QED) is 0.872. The predicted molar refractivity (Wildman–Crippen MR) is 94.1 cm³/mol. The molecule has 0 saturated carbocycles. The monoisotopic (exact) mass is 347 g/mol. The SMILES string of the molecule is CCn1ncc2c1CCC[C@@H]2N[C@H](C)C(=O)Nc1ccc(Cl)cn1. The van der Waals surface area contributed by atoms with Crippen LogP contribution >= 0.6 is 11.6 Å². The molecular formula is C17H22ClN5O. The lowest BCUT2D eigenvalue weighted by Crippen LogP contribution is -2.41. The third kappa shape index (κ3) is 3.60. The number of hydrogen-bond acceptors (Lipinski definition) is 4. The normalized spacial score (nSPS) is 18.0. The molecule has 0 bridgehead atoms. The molecule has 128 valence electrons. The van der Waals surface area contributed by atoms with Crippen LogP contribution in [-0.4, -0.2) is 26.7 Å². The van der Waals surface area contributed by atoms with Gasteiger partial charge in [-0.1, -0.05) is 11.6 Å². The van der Waals surface area contributed by atoms with Crippen molar-refractivity contribution in [3.05, 3.63) is 40.8 Å². The van der Waals surface area contributed by atoms with E-state index in [1.165, 1.54) is 17.5 Å². The van der Waals surface area contributed by atoms with Gasteiger partial charge in [-0.3, -0.25) is 14.8 Å². The largest absolute Gasteiger partial charge is 0.309 e. The van der Waals surface area contributed by atoms with Gasteiger partial charge in [0.1, 0.15) is 5.82 Å². The van der Waals surface area contributed by atoms with Crippen LogP contribution in [0.2, 0.25) is 5.02 Å². The Labute approximate surface area is 146 Å². The number of carbonyl (C=O) groups excluding carboxylic acids is 1. The van der Waals surface area contributed by atoms with Gasteiger partial charge >= 0.3 is 0 Å². The van der Waals surface area contributed by atoms with Crippen LogP contribution in [0, 0.1) is 0 Å². The van der Waals surface area contributed by atoms with Crippen LogP contribution in [0.25, 0.3) is 0 Å². The van der Waals surface area contributed by atoms with Gasteiger partial charge in [0, 0.05) is 30.0 Å². The minimum Gasteiger partial charge on any atom is -0.309 e. The molecule has 0 spiro atoms. The predicted octanol–water partition coefficient (Wildman–Crippen LogP) is 2.95. The molecular weight excluding hydrogens is 326 g/mol. The molecule has 1 aliphatic rings. The summed E-state index contributed by atoms with van der Waals surface area (Å²) in [6, 6.07) is 3.22. The maximum atomic E-state index is 12.4. The summed E-state index contributed by atoms with van der Waals surface area (Å²) >= 11 is 5.81. The Kier molecular flexibility index (Phi) is 5.16. The molecule has 0 aromatic carbocycles. The number of carbonyl (C=O) groups is 1. The van der Waals surface area contributed by atoms with E-state index in [-0.39, 0.29) is 18.0 Å². The number of aromatic nitrogens is 3. The van der Waals surface area contributed by atoms with Crippen molar-refractivity contribution in [2.45, 2.75) is 51.7 Å². The van der Waals surface area contributed by atoms with Gasteiger partial charge in [0.2, 0.25) is 5.91 Å². The highest BCUT2D eigenvalue weighted by Crippen LogP contribution is 2.30. The Morgan fingerprint density at radius 1 is 1.46 bits per heavy atom. The first-order valence-electron chi connectivity index (χ1n) is 8.31. The summed E-state index contributed by atoms with van der Waals surface area (Å²) in [5.41, 5.74) is 2.50. The number of nitrogens with one attached hydrogen (secondary N) is 2. The van der Waals surface area contributed by atoms with E-state index >= 15 is 0 Å². The summed E-state index contributed by atoms with van der Waals surface area (Å²) in [6.07, 6.45) is 6.61. The van der Waals surface area contributed by atoms with Gasteiger partial charge in [-0.2, -0.15) is 5.10 Å². The zero-order valence-corrected chi connectivity index (χ0v) is 14.7. The lowest BCUT2D eigenvalue weighted by molar-refractivity contribution is -0.118. The number of pyridine rings is 1. The van der Waals surface area contributed by atoms with Crippen molar-refractivity contribution >= 4 is 23.3 Å². The van der Waals surface area contributed by atoms with E-state index in [1.807, 2.05) is 17.8 Å². The molecule has 2 atom stereocenters. The Hall–Kier alpha value is -1.92. The summed E-state index contributed by atoms with van der Waals surface area (Å²) in [5, 5.41) is 11.2. The molecule has 7 heteroatoms. The number of halogens is 1. The van der Waals surface area contributed by atoms with E-state index in [1.54, 1.807) is 12.1 Å². The first-order chi connectivity index (χ1) is 11.6. The van der Waals surface area contributed by atoms with Crippen LogP contribution in [0.3, 0.4) is 0 Å². The van der Waals surface area contributed by atoms with E-state index in [4.69, 9.17) is 11.6 Å². The first-order valence-corrected chi connectivity index (χ1v) is 8.69. The van der Waals surface area contributed by atoms with E-state index in [0.717, 1.165) is 25.8 Å². The van der Waals surface area contributed by atoms with Crippen molar-refractivity contribution in [2.24, 2.45) is 0 Å². The van der Waals surface area contributed by atoms with Crippen molar-refractivity contribution in [2.75, 3.05) is 5.32 Å². The van der Waals surface area contributed by atoms with Gasteiger partial charge in [0.25, 0.3) is 0 Å². The fourth-order valence-electron chi connectivity index (χ4n) is 3.13. The first kappa shape index (κ1) is 16.9. The third-order valence-electron chi connectivity index (χ3n) is 4.39. The third-order valence-corrected chi connectivity index (χ3v) is 4.61. The molecule has 0 aliphatic heterocycles. The molecule has 1 aliphatic carbocycles. The summed E-state index contributed by atoms with van der Waals surface area (Å²) < 4.78 is 2.05. The highest BCUT2D eigenvalue weighted by atomic mass is 35.5. The lowest BCUT2D eigenvalue weighted by atomic mass is 9.92. The van der Waals surface area contributed by atoms with Crippen molar-refractivity contribution in [3.63, 3.8) is 0 Å². The van der Waals surface area contributed by atoms with Crippen LogP contribution in [0.1, 0.15) is 44.0 Å². The Balaban J connectivity index is 1.64. The summed E-state index contributed by atoms with van der Waals surface area (Å²) in [6.45, 7) is 4.84. The zero-order valence-electron chi connectivity index (χ0n) is 13.9. The Morgan fingerprint density at radius 2 is 2.29 bits per heavy atom. The van der Waals surface area contributed by atoms with Gasteiger partial charge in [-0.15, -0.1) is 0 Å². The number of hydrogen-bond donors (Lipinski definition) is 2.